The van der Waals surface area contributed by atoms with Crippen molar-refractivity contribution in [3.8, 4) is 0 Å². The largest absolute Gasteiger partial charge is 0.478 e. The van der Waals surface area contributed by atoms with Gasteiger partial charge in [0.2, 0.25) is 0 Å². The standard InChI is InChI=1S/C21H40N2O3/c1-7-22(13-9-8-10-17(2)11-12-19(24)25)16-18-14-20(3,4)23(26)21(5,6)15-18/h11-12,17-18,26H,7-10,13-16H2,1-6H3,(H,24,25)/b12-11+. The summed E-state index contributed by atoms with van der Waals surface area (Å²) in [5.74, 6) is 0.0474. The van der Waals surface area contributed by atoms with Crippen molar-refractivity contribution in [3.63, 3.8) is 0 Å². The molecule has 0 spiro atoms. The van der Waals surface area contributed by atoms with Gasteiger partial charge in [-0.25, -0.2) is 4.79 Å². The van der Waals surface area contributed by atoms with Crippen LogP contribution in [0.5, 0.6) is 0 Å². The minimum atomic E-state index is -0.867. The smallest absolute Gasteiger partial charge is 0.327 e. The van der Waals surface area contributed by atoms with Gasteiger partial charge in [0.15, 0.2) is 0 Å². The zero-order chi connectivity index (χ0) is 20.0. The molecule has 152 valence electrons. The topological polar surface area (TPSA) is 64.0 Å². The molecule has 0 radical (unpaired) electrons. The molecular weight excluding hydrogens is 328 g/mol. The number of hydrogen-bond acceptors (Lipinski definition) is 4. The fraction of sp³-hybridized carbons (Fsp3) is 0.857. The molecule has 5 heteroatoms. The second kappa shape index (κ2) is 9.86. The Morgan fingerprint density at radius 3 is 2.31 bits per heavy atom. The van der Waals surface area contributed by atoms with Gasteiger partial charge in [0.1, 0.15) is 0 Å². The number of carboxylic acids is 1. The van der Waals surface area contributed by atoms with E-state index in [2.05, 4.69) is 46.4 Å². The third kappa shape index (κ3) is 7.37. The highest BCUT2D eigenvalue weighted by molar-refractivity contribution is 5.79. The lowest BCUT2D eigenvalue weighted by Gasteiger charge is -2.52. The van der Waals surface area contributed by atoms with Crippen LogP contribution in [-0.4, -0.2) is 57.0 Å². The van der Waals surface area contributed by atoms with Crippen LogP contribution >= 0.6 is 0 Å². The van der Waals surface area contributed by atoms with E-state index in [0.29, 0.717) is 11.8 Å². The fourth-order valence-electron chi connectivity index (χ4n) is 4.49. The van der Waals surface area contributed by atoms with Gasteiger partial charge in [-0.2, -0.15) is 5.06 Å². The molecule has 0 aromatic rings. The van der Waals surface area contributed by atoms with Crippen LogP contribution in [0.3, 0.4) is 0 Å². The van der Waals surface area contributed by atoms with Gasteiger partial charge >= 0.3 is 5.97 Å². The predicted molar refractivity (Wildman–Crippen MR) is 106 cm³/mol. The quantitative estimate of drug-likeness (QED) is 0.442. The van der Waals surface area contributed by atoms with E-state index in [9.17, 15) is 10.0 Å². The van der Waals surface area contributed by atoms with Crippen LogP contribution in [0.1, 0.15) is 73.6 Å². The average Bonchev–Trinajstić information content (AvgIpc) is 2.52. The second-order valence-electron chi connectivity index (χ2n) is 9.27. The normalized spacial score (nSPS) is 22.2. The van der Waals surface area contributed by atoms with E-state index in [1.54, 1.807) is 11.1 Å². The third-order valence-electron chi connectivity index (χ3n) is 5.64. The molecule has 26 heavy (non-hydrogen) atoms. The maximum Gasteiger partial charge on any atom is 0.327 e. The summed E-state index contributed by atoms with van der Waals surface area (Å²) >= 11 is 0. The van der Waals surface area contributed by atoms with Crippen LogP contribution < -0.4 is 0 Å². The van der Waals surface area contributed by atoms with E-state index in [0.717, 1.165) is 51.7 Å². The lowest BCUT2D eigenvalue weighted by atomic mass is 9.75. The highest BCUT2D eigenvalue weighted by Gasteiger charge is 2.45. The molecule has 1 aliphatic rings. The number of hydrogen-bond donors (Lipinski definition) is 2. The van der Waals surface area contributed by atoms with Crippen molar-refractivity contribution in [2.45, 2.75) is 84.7 Å². The summed E-state index contributed by atoms with van der Waals surface area (Å²) in [6, 6.07) is 0. The molecule has 0 bridgehead atoms. The molecule has 1 atom stereocenters. The Kier molecular flexibility index (Phi) is 8.77. The summed E-state index contributed by atoms with van der Waals surface area (Å²) in [6.45, 7) is 16.0. The van der Waals surface area contributed by atoms with Crippen LogP contribution in [0.25, 0.3) is 0 Å². The number of carboxylic acid groups (broad SMARTS) is 1. The Morgan fingerprint density at radius 1 is 1.23 bits per heavy atom. The highest BCUT2D eigenvalue weighted by atomic mass is 16.5. The number of piperidine rings is 1. The van der Waals surface area contributed by atoms with Crippen LogP contribution in [0.2, 0.25) is 0 Å². The molecule has 0 saturated carbocycles. The van der Waals surface area contributed by atoms with Gasteiger partial charge in [-0.1, -0.05) is 26.3 Å². The Hall–Kier alpha value is -0.910. The summed E-state index contributed by atoms with van der Waals surface area (Å²) in [5.41, 5.74) is -0.366. The lowest BCUT2D eigenvalue weighted by Crippen LogP contribution is -2.60. The number of carbonyl (C=O) groups is 1. The second-order valence-corrected chi connectivity index (χ2v) is 9.27. The van der Waals surface area contributed by atoms with Crippen molar-refractivity contribution in [2.75, 3.05) is 19.6 Å². The van der Waals surface area contributed by atoms with E-state index in [-0.39, 0.29) is 11.1 Å². The van der Waals surface area contributed by atoms with E-state index < -0.39 is 5.97 Å². The molecule has 1 unspecified atom stereocenters. The van der Waals surface area contributed by atoms with Gasteiger partial charge in [0.25, 0.3) is 0 Å². The van der Waals surface area contributed by atoms with Gasteiger partial charge in [-0.05, 0) is 78.3 Å². The number of aliphatic carboxylic acids is 1. The maximum absolute atomic E-state index is 10.6. The molecule has 2 N–H and O–H groups in total. The first kappa shape index (κ1) is 23.1. The molecule has 5 nitrogen and oxygen atoms in total. The van der Waals surface area contributed by atoms with Gasteiger partial charge in [-0.3, -0.25) is 0 Å². The molecule has 0 aromatic heterocycles. The van der Waals surface area contributed by atoms with Gasteiger partial charge in [0, 0.05) is 23.7 Å². The first-order valence-electron chi connectivity index (χ1n) is 10.1. The minimum Gasteiger partial charge on any atom is -0.478 e. The van der Waals surface area contributed by atoms with Crippen molar-refractivity contribution in [2.24, 2.45) is 11.8 Å². The number of hydroxylamine groups is 2. The highest BCUT2D eigenvalue weighted by Crippen LogP contribution is 2.40. The fourth-order valence-corrected chi connectivity index (χ4v) is 4.49. The Labute approximate surface area is 160 Å². The first-order chi connectivity index (χ1) is 12.0. The van der Waals surface area contributed by atoms with Crippen molar-refractivity contribution in [1.29, 1.82) is 0 Å². The molecule has 1 heterocycles. The summed E-state index contributed by atoms with van der Waals surface area (Å²) in [6.07, 6.45) is 8.36. The molecule has 1 saturated heterocycles. The lowest BCUT2D eigenvalue weighted by molar-refractivity contribution is -0.251. The van der Waals surface area contributed by atoms with Crippen molar-refractivity contribution < 1.29 is 15.1 Å². The molecule has 1 aliphatic heterocycles. The number of rotatable bonds is 10. The SMILES string of the molecule is CCN(CCCCC(C)/C=C/C(=O)O)CC1CC(C)(C)N(O)C(C)(C)C1. The Morgan fingerprint density at radius 2 is 1.81 bits per heavy atom. The first-order valence-corrected chi connectivity index (χ1v) is 10.1. The van der Waals surface area contributed by atoms with E-state index in [1.165, 1.54) is 6.08 Å². The van der Waals surface area contributed by atoms with Crippen LogP contribution in [0.15, 0.2) is 12.2 Å². The van der Waals surface area contributed by atoms with Crippen molar-refractivity contribution in [3.05, 3.63) is 12.2 Å². The van der Waals surface area contributed by atoms with Crippen LogP contribution in [-0.2, 0) is 4.79 Å². The van der Waals surface area contributed by atoms with Gasteiger partial charge < -0.3 is 15.2 Å². The van der Waals surface area contributed by atoms with E-state index >= 15 is 0 Å². The zero-order valence-electron chi connectivity index (χ0n) is 17.7. The average molecular weight is 369 g/mol. The van der Waals surface area contributed by atoms with E-state index in [4.69, 9.17) is 5.11 Å². The molecule has 0 amide bonds. The molecule has 0 aliphatic carbocycles. The number of allylic oxidation sites excluding steroid dienone is 1. The summed E-state index contributed by atoms with van der Waals surface area (Å²) in [7, 11) is 0. The van der Waals surface area contributed by atoms with Crippen molar-refractivity contribution in [1.82, 2.24) is 9.96 Å². The predicted octanol–water partition coefficient (Wildman–Crippen LogP) is 4.41. The van der Waals surface area contributed by atoms with Crippen molar-refractivity contribution >= 4 is 5.97 Å². The Balaban J connectivity index is 2.42. The van der Waals surface area contributed by atoms with E-state index in [1.807, 2.05) is 0 Å². The molecule has 0 aromatic carbocycles. The summed E-state index contributed by atoms with van der Waals surface area (Å²) in [5, 5.41) is 20.7. The minimum absolute atomic E-state index is 0.183. The zero-order valence-corrected chi connectivity index (χ0v) is 17.7. The van der Waals surface area contributed by atoms with Crippen LogP contribution in [0.4, 0.5) is 0 Å². The Bertz CT molecular complexity index is 456. The third-order valence-corrected chi connectivity index (χ3v) is 5.64. The molecule has 1 rings (SSSR count). The summed E-state index contributed by atoms with van der Waals surface area (Å²) in [4.78, 5) is 13.1. The van der Waals surface area contributed by atoms with Crippen LogP contribution in [0, 0.1) is 11.8 Å². The van der Waals surface area contributed by atoms with Gasteiger partial charge in [-0.15, -0.1) is 0 Å². The number of unbranched alkanes of at least 4 members (excludes halogenated alkanes) is 1. The summed E-state index contributed by atoms with van der Waals surface area (Å²) < 4.78 is 0. The molecule has 1 fully saturated rings. The maximum atomic E-state index is 10.6. The van der Waals surface area contributed by atoms with Gasteiger partial charge in [0.05, 0.1) is 0 Å². The molecular formula is C21H40N2O3. The monoisotopic (exact) mass is 368 g/mol. The number of nitrogens with zero attached hydrogens (tertiary/aromatic N) is 2.